The highest BCUT2D eigenvalue weighted by Gasteiger charge is 2.23. The molecule has 0 radical (unpaired) electrons. The van der Waals surface area contributed by atoms with Crippen molar-refractivity contribution in [2.24, 2.45) is 5.73 Å². The second-order valence-corrected chi connectivity index (χ2v) is 10.2. The number of allylic oxidation sites excluding steroid dienone is 1. The summed E-state index contributed by atoms with van der Waals surface area (Å²) in [5.41, 5.74) is 19.0. The Morgan fingerprint density at radius 3 is 1.64 bits per heavy atom. The Morgan fingerprint density at radius 1 is 0.564 bits per heavy atom. The Bertz CT molecular complexity index is 1790. The molecular weight excluding hydrogens is 474 g/mol. The maximum atomic E-state index is 6.59. The van der Waals surface area contributed by atoms with E-state index in [0.717, 1.165) is 40.7 Å². The number of hydrogen-bond acceptors (Lipinski definition) is 2. The van der Waals surface area contributed by atoms with Crippen LogP contribution >= 0.6 is 0 Å². The van der Waals surface area contributed by atoms with E-state index in [1.807, 2.05) is 0 Å². The van der Waals surface area contributed by atoms with Gasteiger partial charge in [-0.3, -0.25) is 0 Å². The summed E-state index contributed by atoms with van der Waals surface area (Å²) in [6.07, 6.45) is 4.14. The van der Waals surface area contributed by atoms with Crippen LogP contribution in [-0.2, 0) is 6.42 Å². The molecule has 6 aromatic rings. The summed E-state index contributed by atoms with van der Waals surface area (Å²) in [6, 6.07) is 43.2. The van der Waals surface area contributed by atoms with Crippen molar-refractivity contribution >= 4 is 16.5 Å². The topological polar surface area (TPSA) is 39.2 Å². The van der Waals surface area contributed by atoms with Crippen molar-refractivity contribution in [3.05, 3.63) is 139 Å². The van der Waals surface area contributed by atoms with Crippen LogP contribution in [0.3, 0.4) is 0 Å². The van der Waals surface area contributed by atoms with Crippen LogP contribution in [0, 0.1) is 0 Å². The Kier molecular flexibility index (Phi) is 5.96. The van der Waals surface area contributed by atoms with Gasteiger partial charge in [-0.15, -0.1) is 0 Å². The summed E-state index contributed by atoms with van der Waals surface area (Å²) in [5, 5.41) is 1.15. The molecule has 0 amide bonds. The summed E-state index contributed by atoms with van der Waals surface area (Å²) in [5.74, 6) is 1.05. The van der Waals surface area contributed by atoms with Crippen molar-refractivity contribution < 1.29 is 4.42 Å². The molecule has 39 heavy (non-hydrogen) atoms. The lowest BCUT2D eigenvalue weighted by Crippen LogP contribution is -2.06. The molecule has 2 N–H and O–H groups in total. The van der Waals surface area contributed by atoms with Crippen LogP contribution in [0.2, 0.25) is 0 Å². The third-order valence-corrected chi connectivity index (χ3v) is 7.79. The molecule has 0 bridgehead atoms. The Labute approximate surface area is 229 Å². The third-order valence-electron chi connectivity index (χ3n) is 7.79. The number of benzene rings is 5. The van der Waals surface area contributed by atoms with Crippen molar-refractivity contribution in [3.8, 4) is 44.5 Å². The maximum absolute atomic E-state index is 6.59. The minimum Gasteiger partial charge on any atom is -0.460 e. The van der Waals surface area contributed by atoms with E-state index in [0.29, 0.717) is 6.54 Å². The first-order valence-electron chi connectivity index (χ1n) is 13.6. The summed E-state index contributed by atoms with van der Waals surface area (Å²) in [4.78, 5) is 0. The molecule has 7 rings (SSSR count). The van der Waals surface area contributed by atoms with Gasteiger partial charge in [0.25, 0.3) is 0 Å². The van der Waals surface area contributed by atoms with Crippen molar-refractivity contribution in [3.63, 3.8) is 0 Å². The van der Waals surface area contributed by atoms with Gasteiger partial charge in [0, 0.05) is 29.5 Å². The predicted molar refractivity (Wildman–Crippen MR) is 163 cm³/mol. The van der Waals surface area contributed by atoms with Crippen molar-refractivity contribution in [2.45, 2.75) is 12.8 Å². The largest absolute Gasteiger partial charge is 0.460 e. The van der Waals surface area contributed by atoms with Gasteiger partial charge in [-0.2, -0.15) is 0 Å². The molecule has 1 heterocycles. The van der Waals surface area contributed by atoms with Gasteiger partial charge in [0.05, 0.1) is 0 Å². The standard InChI is InChI=1S/C37H29NO/c38-24-31-12-7-13-35-36(31)34-23-32(29-16-14-27(15-17-29)25-8-3-1-4-9-25)22-33(37(34)39-35)30-20-18-28(19-21-30)26-10-5-2-6-11-26/h1-6,8-12,14-23H,7,13,24,38H2. The molecule has 0 saturated carbocycles. The smallest absolute Gasteiger partial charge is 0.142 e. The fourth-order valence-corrected chi connectivity index (χ4v) is 5.78. The average Bonchev–Trinajstić information content (AvgIpc) is 3.41. The lowest BCUT2D eigenvalue weighted by atomic mass is 9.90. The summed E-state index contributed by atoms with van der Waals surface area (Å²) in [7, 11) is 0. The van der Waals surface area contributed by atoms with E-state index in [1.165, 1.54) is 44.5 Å². The van der Waals surface area contributed by atoms with Crippen LogP contribution in [0.4, 0.5) is 0 Å². The van der Waals surface area contributed by atoms with Crippen LogP contribution < -0.4 is 5.73 Å². The third kappa shape index (κ3) is 4.29. The van der Waals surface area contributed by atoms with E-state index in [9.17, 15) is 0 Å². The molecule has 0 fully saturated rings. The first kappa shape index (κ1) is 23.5. The molecule has 0 aliphatic heterocycles. The fourth-order valence-electron chi connectivity index (χ4n) is 5.78. The van der Waals surface area contributed by atoms with Crippen LogP contribution in [-0.4, -0.2) is 6.54 Å². The highest BCUT2D eigenvalue weighted by molar-refractivity contribution is 6.03. The highest BCUT2D eigenvalue weighted by Crippen LogP contribution is 2.43. The zero-order valence-electron chi connectivity index (χ0n) is 21.7. The molecule has 2 heteroatoms. The van der Waals surface area contributed by atoms with Gasteiger partial charge in [-0.25, -0.2) is 0 Å². The zero-order valence-corrected chi connectivity index (χ0v) is 21.7. The normalized spacial score (nSPS) is 12.8. The number of fused-ring (bicyclic) bond motifs is 3. The number of rotatable bonds is 5. The molecule has 1 aliphatic rings. The number of nitrogens with two attached hydrogens (primary N) is 1. The molecule has 0 spiro atoms. The van der Waals surface area contributed by atoms with E-state index >= 15 is 0 Å². The van der Waals surface area contributed by atoms with Crippen molar-refractivity contribution in [1.29, 1.82) is 0 Å². The Balaban J connectivity index is 1.38. The molecule has 2 nitrogen and oxygen atoms in total. The summed E-state index contributed by atoms with van der Waals surface area (Å²) < 4.78 is 6.59. The Morgan fingerprint density at radius 2 is 1.08 bits per heavy atom. The van der Waals surface area contributed by atoms with Gasteiger partial charge in [0.1, 0.15) is 11.3 Å². The Hall–Kier alpha value is -4.66. The van der Waals surface area contributed by atoms with E-state index in [2.05, 4.69) is 127 Å². The molecule has 5 aromatic carbocycles. The SMILES string of the molecule is NCC1=CCCc2oc3c(-c4ccc(-c5ccccc5)cc4)cc(-c4ccc(-c5ccccc5)cc4)cc3c21. The van der Waals surface area contributed by atoms with E-state index in [4.69, 9.17) is 10.2 Å². The van der Waals surface area contributed by atoms with Crippen LogP contribution in [0.1, 0.15) is 17.7 Å². The molecule has 1 aliphatic carbocycles. The quantitative estimate of drug-likeness (QED) is 0.254. The maximum Gasteiger partial charge on any atom is 0.142 e. The fraction of sp³-hybridized carbons (Fsp3) is 0.0811. The molecule has 0 atom stereocenters. The lowest BCUT2D eigenvalue weighted by Gasteiger charge is -2.12. The van der Waals surface area contributed by atoms with Crippen LogP contribution in [0.25, 0.3) is 61.0 Å². The van der Waals surface area contributed by atoms with Crippen molar-refractivity contribution in [2.75, 3.05) is 6.54 Å². The predicted octanol–water partition coefficient (Wildman–Crippen LogP) is 9.39. The van der Waals surface area contributed by atoms with E-state index < -0.39 is 0 Å². The van der Waals surface area contributed by atoms with E-state index in [1.54, 1.807) is 0 Å². The zero-order chi connectivity index (χ0) is 26.2. The molecular formula is C37H29NO. The number of aryl methyl sites for hydroxylation is 1. The average molecular weight is 504 g/mol. The minimum atomic E-state index is 0.513. The second-order valence-electron chi connectivity index (χ2n) is 10.2. The van der Waals surface area contributed by atoms with Gasteiger partial charge >= 0.3 is 0 Å². The van der Waals surface area contributed by atoms with E-state index in [-0.39, 0.29) is 0 Å². The summed E-state index contributed by atoms with van der Waals surface area (Å²) in [6.45, 7) is 0.513. The second kappa shape index (κ2) is 9.90. The first-order chi connectivity index (χ1) is 19.3. The van der Waals surface area contributed by atoms with Gasteiger partial charge in [-0.1, -0.05) is 115 Å². The lowest BCUT2D eigenvalue weighted by molar-refractivity contribution is 0.546. The molecule has 0 unspecified atom stereocenters. The van der Waals surface area contributed by atoms with Gasteiger partial charge in [-0.05, 0) is 63.1 Å². The monoisotopic (exact) mass is 503 g/mol. The first-order valence-corrected chi connectivity index (χ1v) is 13.6. The van der Waals surface area contributed by atoms with Gasteiger partial charge in [0.2, 0.25) is 0 Å². The molecule has 1 aromatic heterocycles. The minimum absolute atomic E-state index is 0.513. The molecule has 0 saturated heterocycles. The highest BCUT2D eigenvalue weighted by atomic mass is 16.3. The summed E-state index contributed by atoms with van der Waals surface area (Å²) >= 11 is 0. The van der Waals surface area contributed by atoms with Crippen LogP contribution in [0.5, 0.6) is 0 Å². The van der Waals surface area contributed by atoms with Gasteiger partial charge in [0.15, 0.2) is 0 Å². The van der Waals surface area contributed by atoms with Gasteiger partial charge < -0.3 is 10.2 Å². The number of furan rings is 1. The van der Waals surface area contributed by atoms with Crippen LogP contribution in [0.15, 0.2) is 132 Å². The van der Waals surface area contributed by atoms with Crippen molar-refractivity contribution in [1.82, 2.24) is 0 Å². The molecule has 188 valence electrons. The number of hydrogen-bond donors (Lipinski definition) is 1.